The van der Waals surface area contributed by atoms with Crippen molar-refractivity contribution in [1.82, 2.24) is 0 Å². The van der Waals surface area contributed by atoms with Gasteiger partial charge in [0.05, 0.1) is 0 Å². The summed E-state index contributed by atoms with van der Waals surface area (Å²) in [5.41, 5.74) is 0. The third-order valence-electron chi connectivity index (χ3n) is 0.650. The Bertz CT molecular complexity index is 66.1. The molecule has 0 aromatic heterocycles. The fraction of sp³-hybridized carbons (Fsp3) is 0.750. The Morgan fingerprint density at radius 2 is 2.43 bits per heavy atom. The van der Waals surface area contributed by atoms with Gasteiger partial charge >= 0.3 is 0 Å². The molecule has 0 aliphatic rings. The molecule has 0 fully saturated rings. The molecule has 0 unspecified atom stereocenters. The lowest BCUT2D eigenvalue weighted by Gasteiger charge is -1.89. The van der Waals surface area contributed by atoms with E-state index in [1.54, 1.807) is 0 Å². The molecule has 0 spiro atoms. The van der Waals surface area contributed by atoms with Crippen LogP contribution in [0.1, 0.15) is 13.3 Å². The molecule has 3 heteroatoms. The lowest BCUT2D eigenvalue weighted by Crippen LogP contribution is -1.84. The quantitative estimate of drug-likeness (QED) is 0.246. The molecule has 0 aliphatic carbocycles. The maximum atomic E-state index is 8.09. The van der Waals surface area contributed by atoms with Gasteiger partial charge in [-0.1, -0.05) is 12.1 Å². The molecule has 0 heterocycles. The van der Waals surface area contributed by atoms with Gasteiger partial charge in [0.25, 0.3) is 0 Å². The highest BCUT2D eigenvalue weighted by molar-refractivity contribution is 8.13. The van der Waals surface area contributed by atoms with Gasteiger partial charge in [0.15, 0.2) is 0 Å². The van der Waals surface area contributed by atoms with E-state index < -0.39 is 0 Å². The molecule has 42 valence electrons. The predicted octanol–water partition coefficient (Wildman–Crippen LogP) is 1.55. The zero-order valence-electron chi connectivity index (χ0n) is 4.51. The van der Waals surface area contributed by atoms with Gasteiger partial charge in [-0.2, -0.15) is 0 Å². The molecule has 0 radical (unpaired) electrons. The van der Waals surface area contributed by atoms with E-state index in [0.29, 0.717) is 0 Å². The Kier molecular flexibility index (Phi) is 3.89. The average Bonchev–Trinajstić information content (AvgIpc) is 1.72. The van der Waals surface area contributed by atoms with Crippen molar-refractivity contribution in [2.75, 3.05) is 6.26 Å². The second-order valence-electron chi connectivity index (χ2n) is 1.05. The van der Waals surface area contributed by atoms with Gasteiger partial charge in [-0.25, -0.2) is 0 Å². The minimum atomic E-state index is 0.778. The average molecular weight is 119 g/mol. The molecule has 0 atom stereocenters. The van der Waals surface area contributed by atoms with E-state index in [4.69, 9.17) is 5.21 Å². The van der Waals surface area contributed by atoms with Crippen molar-refractivity contribution in [2.24, 2.45) is 5.16 Å². The summed E-state index contributed by atoms with van der Waals surface area (Å²) in [7, 11) is 0. The van der Waals surface area contributed by atoms with Gasteiger partial charge < -0.3 is 5.21 Å². The molecule has 0 amide bonds. The summed E-state index contributed by atoms with van der Waals surface area (Å²) in [5, 5.41) is 11.9. The molecule has 7 heavy (non-hydrogen) atoms. The minimum absolute atomic E-state index is 0.778. The van der Waals surface area contributed by atoms with Crippen molar-refractivity contribution in [3.8, 4) is 0 Å². The number of rotatable bonds is 1. The smallest absolute Gasteiger partial charge is 0.112 e. The zero-order chi connectivity index (χ0) is 5.70. The molecular weight excluding hydrogens is 110 g/mol. The molecule has 1 N–H and O–H groups in total. The van der Waals surface area contributed by atoms with Gasteiger partial charge in [0.1, 0.15) is 5.04 Å². The standard InChI is InChI=1S/C4H9NOS/c1-3-4(5-6)7-2/h6H,3H2,1-2H3. The van der Waals surface area contributed by atoms with Crippen LogP contribution in [0.25, 0.3) is 0 Å². The lowest BCUT2D eigenvalue weighted by atomic mass is 10.5. The first kappa shape index (κ1) is 6.82. The van der Waals surface area contributed by atoms with Gasteiger partial charge in [-0.05, 0) is 12.7 Å². The first-order chi connectivity index (χ1) is 3.35. The van der Waals surface area contributed by atoms with Crippen LogP contribution in [-0.2, 0) is 0 Å². The molecule has 0 aromatic carbocycles. The Morgan fingerprint density at radius 3 is 2.43 bits per heavy atom. The summed E-state index contributed by atoms with van der Waals surface area (Å²) in [6.07, 6.45) is 2.70. The maximum absolute atomic E-state index is 8.09. The van der Waals surface area contributed by atoms with Crippen LogP contribution in [0.15, 0.2) is 5.16 Å². The summed E-state index contributed by atoms with van der Waals surface area (Å²) in [6.45, 7) is 1.95. The summed E-state index contributed by atoms with van der Waals surface area (Å²) in [5.74, 6) is 0. The second-order valence-corrected chi connectivity index (χ2v) is 1.93. The Balaban J connectivity index is 3.38. The van der Waals surface area contributed by atoms with Crippen molar-refractivity contribution >= 4 is 16.8 Å². The molecule has 0 aliphatic heterocycles. The van der Waals surface area contributed by atoms with Crippen LogP contribution in [0.2, 0.25) is 0 Å². The van der Waals surface area contributed by atoms with E-state index in [2.05, 4.69) is 5.16 Å². The minimum Gasteiger partial charge on any atom is -0.410 e. The Hall–Kier alpha value is -0.180. The van der Waals surface area contributed by atoms with Gasteiger partial charge in [0, 0.05) is 0 Å². The van der Waals surface area contributed by atoms with Crippen LogP contribution in [-0.4, -0.2) is 16.5 Å². The Labute approximate surface area is 47.6 Å². The number of oxime groups is 1. The summed E-state index contributed by atoms with van der Waals surface area (Å²) in [4.78, 5) is 0. The Morgan fingerprint density at radius 1 is 1.86 bits per heavy atom. The summed E-state index contributed by atoms with van der Waals surface area (Å²) < 4.78 is 0. The predicted molar refractivity (Wildman–Crippen MR) is 33.0 cm³/mol. The fourth-order valence-corrected chi connectivity index (χ4v) is 0.626. The number of nitrogens with zero attached hydrogens (tertiary/aromatic N) is 1. The van der Waals surface area contributed by atoms with Crippen LogP contribution >= 0.6 is 11.8 Å². The monoisotopic (exact) mass is 119 g/mol. The topological polar surface area (TPSA) is 32.6 Å². The first-order valence-corrected chi connectivity index (χ1v) is 3.32. The molecule has 0 saturated carbocycles. The number of hydrogen-bond donors (Lipinski definition) is 1. The van der Waals surface area contributed by atoms with E-state index in [0.717, 1.165) is 11.5 Å². The van der Waals surface area contributed by atoms with E-state index in [1.807, 2.05) is 13.2 Å². The molecule has 0 rings (SSSR count). The maximum Gasteiger partial charge on any atom is 0.112 e. The van der Waals surface area contributed by atoms with Crippen LogP contribution < -0.4 is 0 Å². The summed E-state index contributed by atoms with van der Waals surface area (Å²) >= 11 is 1.47. The largest absolute Gasteiger partial charge is 0.410 e. The van der Waals surface area contributed by atoms with Crippen LogP contribution in [0, 0.1) is 0 Å². The zero-order valence-corrected chi connectivity index (χ0v) is 5.33. The van der Waals surface area contributed by atoms with E-state index in [1.165, 1.54) is 11.8 Å². The van der Waals surface area contributed by atoms with Crippen LogP contribution in [0.3, 0.4) is 0 Å². The molecule has 2 nitrogen and oxygen atoms in total. The molecule has 0 aromatic rings. The normalized spacial score (nSPS) is 12.0. The van der Waals surface area contributed by atoms with E-state index in [-0.39, 0.29) is 0 Å². The lowest BCUT2D eigenvalue weighted by molar-refractivity contribution is 0.319. The summed E-state index contributed by atoms with van der Waals surface area (Å²) in [6, 6.07) is 0. The molecule has 0 bridgehead atoms. The SMILES string of the molecule is CCC(=NO)SC. The number of hydrogen-bond acceptors (Lipinski definition) is 3. The van der Waals surface area contributed by atoms with Crippen molar-refractivity contribution in [2.45, 2.75) is 13.3 Å². The highest BCUT2D eigenvalue weighted by Crippen LogP contribution is 1.99. The van der Waals surface area contributed by atoms with Gasteiger partial charge in [-0.15, -0.1) is 11.8 Å². The van der Waals surface area contributed by atoms with Crippen molar-refractivity contribution < 1.29 is 5.21 Å². The second kappa shape index (κ2) is 3.99. The van der Waals surface area contributed by atoms with Gasteiger partial charge in [0.2, 0.25) is 0 Å². The van der Waals surface area contributed by atoms with Crippen molar-refractivity contribution in [3.05, 3.63) is 0 Å². The van der Waals surface area contributed by atoms with E-state index in [9.17, 15) is 0 Å². The van der Waals surface area contributed by atoms with Crippen LogP contribution in [0.5, 0.6) is 0 Å². The van der Waals surface area contributed by atoms with E-state index >= 15 is 0 Å². The van der Waals surface area contributed by atoms with Crippen LogP contribution in [0.4, 0.5) is 0 Å². The van der Waals surface area contributed by atoms with Crippen molar-refractivity contribution in [3.63, 3.8) is 0 Å². The van der Waals surface area contributed by atoms with Crippen molar-refractivity contribution in [1.29, 1.82) is 0 Å². The molecular formula is C4H9NOS. The highest BCUT2D eigenvalue weighted by atomic mass is 32.2. The highest BCUT2D eigenvalue weighted by Gasteiger charge is 1.87. The first-order valence-electron chi connectivity index (χ1n) is 2.10. The third kappa shape index (κ3) is 2.51. The molecule has 0 saturated heterocycles. The fourth-order valence-electron chi connectivity index (χ4n) is 0.256. The van der Waals surface area contributed by atoms with Gasteiger partial charge in [-0.3, -0.25) is 0 Å². The number of thioether (sulfide) groups is 1. The third-order valence-corrected chi connectivity index (χ3v) is 1.49.